The molecule has 0 atom stereocenters. The number of nitrogens with one attached hydrogen (secondary N) is 1. The number of methoxy groups -OCH3 is 1. The molecule has 1 heterocycles. The maximum Gasteiger partial charge on any atom is 0.372 e. The Labute approximate surface area is 89.8 Å². The smallest absolute Gasteiger partial charge is 0.372 e. The zero-order valence-electron chi connectivity index (χ0n) is 8.34. The molecule has 0 radical (unpaired) electrons. The first kappa shape index (κ1) is 11.6. The molecule has 1 aromatic heterocycles. The van der Waals surface area contributed by atoms with Crippen LogP contribution in [0.3, 0.4) is 0 Å². The van der Waals surface area contributed by atoms with Crippen LogP contribution in [0, 0.1) is 10.1 Å². The van der Waals surface area contributed by atoms with E-state index in [9.17, 15) is 14.9 Å². The topological polar surface area (TPSA) is 133 Å². The van der Waals surface area contributed by atoms with Crippen LogP contribution in [0.4, 0.5) is 11.5 Å². The van der Waals surface area contributed by atoms with Crippen LogP contribution >= 0.6 is 0 Å². The molecule has 0 aliphatic rings. The number of nitrogens with two attached hydrogens (primary N) is 1. The normalized spacial score (nSPS) is 9.56. The van der Waals surface area contributed by atoms with Gasteiger partial charge >= 0.3 is 5.69 Å². The van der Waals surface area contributed by atoms with E-state index in [2.05, 4.69) is 15.3 Å². The third-order valence-electron chi connectivity index (χ3n) is 1.59. The molecule has 0 aliphatic heterocycles. The van der Waals surface area contributed by atoms with Gasteiger partial charge in [0.25, 0.3) is 5.88 Å². The number of aromatic nitrogens is 2. The number of nitro groups is 1. The molecular formula is C7H9N5O4. The van der Waals surface area contributed by atoms with Crippen molar-refractivity contribution in [3.05, 3.63) is 16.4 Å². The summed E-state index contributed by atoms with van der Waals surface area (Å²) in [6, 6.07) is 0. The molecule has 0 aromatic carbocycles. The number of anilines is 1. The van der Waals surface area contributed by atoms with Gasteiger partial charge in [-0.05, 0) is 0 Å². The van der Waals surface area contributed by atoms with Crippen molar-refractivity contribution in [1.82, 2.24) is 9.97 Å². The van der Waals surface area contributed by atoms with Crippen molar-refractivity contribution in [3.8, 4) is 5.88 Å². The van der Waals surface area contributed by atoms with E-state index >= 15 is 0 Å². The first-order chi connectivity index (χ1) is 7.56. The van der Waals surface area contributed by atoms with Crippen LogP contribution in [-0.4, -0.2) is 34.5 Å². The van der Waals surface area contributed by atoms with Crippen LogP contribution in [0.25, 0.3) is 0 Å². The Morgan fingerprint density at radius 1 is 1.69 bits per heavy atom. The predicted molar refractivity (Wildman–Crippen MR) is 52.9 cm³/mol. The Kier molecular flexibility index (Phi) is 3.53. The molecule has 9 heteroatoms. The van der Waals surface area contributed by atoms with Gasteiger partial charge in [-0.15, -0.1) is 0 Å². The number of hydrogen-bond donors (Lipinski definition) is 2. The van der Waals surface area contributed by atoms with Gasteiger partial charge in [-0.2, -0.15) is 4.98 Å². The van der Waals surface area contributed by atoms with Gasteiger partial charge in [0.15, 0.2) is 0 Å². The zero-order valence-corrected chi connectivity index (χ0v) is 8.34. The summed E-state index contributed by atoms with van der Waals surface area (Å²) in [5.41, 5.74) is 4.45. The van der Waals surface area contributed by atoms with E-state index in [0.717, 1.165) is 6.33 Å². The van der Waals surface area contributed by atoms with E-state index < -0.39 is 16.5 Å². The van der Waals surface area contributed by atoms with Crippen LogP contribution in [0.2, 0.25) is 0 Å². The van der Waals surface area contributed by atoms with Gasteiger partial charge in [-0.3, -0.25) is 14.9 Å². The summed E-state index contributed by atoms with van der Waals surface area (Å²) in [5.74, 6) is -0.963. The summed E-state index contributed by atoms with van der Waals surface area (Å²) >= 11 is 0. The molecule has 9 nitrogen and oxygen atoms in total. The van der Waals surface area contributed by atoms with Crippen molar-refractivity contribution in [1.29, 1.82) is 0 Å². The summed E-state index contributed by atoms with van der Waals surface area (Å²) in [4.78, 5) is 27.8. The first-order valence-electron chi connectivity index (χ1n) is 4.11. The molecule has 86 valence electrons. The fraction of sp³-hybridized carbons (Fsp3) is 0.286. The number of hydrogen-bond acceptors (Lipinski definition) is 7. The molecule has 0 saturated carbocycles. The van der Waals surface area contributed by atoms with E-state index in [1.165, 1.54) is 7.11 Å². The number of primary amides is 1. The maximum absolute atomic E-state index is 10.7. The monoisotopic (exact) mass is 227 g/mol. The first-order valence-corrected chi connectivity index (χ1v) is 4.11. The second-order valence-corrected chi connectivity index (χ2v) is 2.66. The van der Waals surface area contributed by atoms with Crippen LogP contribution in [0.5, 0.6) is 5.88 Å². The largest absolute Gasteiger partial charge is 0.476 e. The SMILES string of the molecule is COc1ncnc(NCC(N)=O)c1[N+](=O)[O-]. The molecular weight excluding hydrogens is 218 g/mol. The molecule has 0 saturated heterocycles. The van der Waals surface area contributed by atoms with Crippen LogP contribution < -0.4 is 15.8 Å². The Hall–Kier alpha value is -2.45. The van der Waals surface area contributed by atoms with E-state index in [0.29, 0.717) is 0 Å². The van der Waals surface area contributed by atoms with Gasteiger partial charge in [0.1, 0.15) is 6.33 Å². The lowest BCUT2D eigenvalue weighted by Gasteiger charge is -2.05. The second kappa shape index (κ2) is 4.87. The van der Waals surface area contributed by atoms with Gasteiger partial charge in [0.2, 0.25) is 11.7 Å². The lowest BCUT2D eigenvalue weighted by Crippen LogP contribution is -2.22. The molecule has 0 spiro atoms. The van der Waals surface area contributed by atoms with Crippen molar-refractivity contribution < 1.29 is 14.5 Å². The average Bonchev–Trinajstić information content (AvgIpc) is 2.25. The molecule has 3 N–H and O–H groups in total. The van der Waals surface area contributed by atoms with Crippen molar-refractivity contribution in [2.45, 2.75) is 0 Å². The number of amides is 1. The van der Waals surface area contributed by atoms with E-state index in [1.54, 1.807) is 0 Å². The van der Waals surface area contributed by atoms with E-state index in [1.807, 2.05) is 0 Å². The van der Waals surface area contributed by atoms with Gasteiger partial charge in [-0.1, -0.05) is 0 Å². The molecule has 0 aliphatic carbocycles. The number of nitrogens with zero attached hydrogens (tertiary/aromatic N) is 3. The molecule has 0 unspecified atom stereocenters. The van der Waals surface area contributed by atoms with Crippen molar-refractivity contribution in [2.75, 3.05) is 19.0 Å². The highest BCUT2D eigenvalue weighted by Crippen LogP contribution is 2.29. The Bertz CT molecular complexity index is 421. The van der Waals surface area contributed by atoms with Gasteiger partial charge in [-0.25, -0.2) is 4.98 Å². The Morgan fingerprint density at radius 3 is 2.88 bits per heavy atom. The summed E-state index contributed by atoms with van der Waals surface area (Å²) in [5, 5.41) is 13.2. The van der Waals surface area contributed by atoms with E-state index in [4.69, 9.17) is 10.5 Å². The quantitative estimate of drug-likeness (QED) is 0.501. The summed E-state index contributed by atoms with van der Waals surface area (Å²) in [7, 11) is 1.24. The molecule has 1 rings (SSSR count). The van der Waals surface area contributed by atoms with E-state index in [-0.39, 0.29) is 18.2 Å². The number of carbonyl (C=O) groups is 1. The minimum absolute atomic E-state index is 0.115. The van der Waals surface area contributed by atoms with Crippen LogP contribution in [-0.2, 0) is 4.79 Å². The minimum Gasteiger partial charge on any atom is -0.476 e. The molecule has 0 fully saturated rings. The van der Waals surface area contributed by atoms with Gasteiger partial charge < -0.3 is 15.8 Å². The fourth-order valence-electron chi connectivity index (χ4n) is 0.977. The molecule has 1 amide bonds. The number of rotatable bonds is 5. The fourth-order valence-corrected chi connectivity index (χ4v) is 0.977. The Morgan fingerprint density at radius 2 is 2.38 bits per heavy atom. The minimum atomic E-state index is -0.706. The third kappa shape index (κ3) is 2.53. The molecule has 0 bridgehead atoms. The zero-order chi connectivity index (χ0) is 12.1. The lowest BCUT2D eigenvalue weighted by atomic mass is 10.4. The second-order valence-electron chi connectivity index (χ2n) is 2.66. The summed E-state index contributed by atoms with van der Waals surface area (Å²) in [6.45, 7) is -0.263. The molecule has 1 aromatic rings. The maximum atomic E-state index is 10.7. The predicted octanol–water partition coefficient (Wildman–Crippen LogP) is -0.709. The van der Waals surface area contributed by atoms with Crippen molar-refractivity contribution in [2.24, 2.45) is 5.73 Å². The highest BCUT2D eigenvalue weighted by atomic mass is 16.6. The Balaban J connectivity index is 3.07. The highest BCUT2D eigenvalue weighted by molar-refractivity contribution is 5.79. The average molecular weight is 227 g/mol. The summed E-state index contributed by atoms with van der Waals surface area (Å²) < 4.78 is 4.71. The van der Waals surface area contributed by atoms with Crippen LogP contribution in [0.1, 0.15) is 0 Å². The van der Waals surface area contributed by atoms with Crippen molar-refractivity contribution in [3.63, 3.8) is 0 Å². The lowest BCUT2D eigenvalue weighted by molar-refractivity contribution is -0.385. The third-order valence-corrected chi connectivity index (χ3v) is 1.59. The van der Waals surface area contributed by atoms with Crippen LogP contribution in [0.15, 0.2) is 6.33 Å². The van der Waals surface area contributed by atoms with Gasteiger partial charge in [0.05, 0.1) is 18.6 Å². The standard InChI is InChI=1S/C7H9N5O4/c1-16-7-5(12(14)15)6(10-3-11-7)9-2-4(8)13/h3H,2H2,1H3,(H2,8,13)(H,9,10,11). The highest BCUT2D eigenvalue weighted by Gasteiger charge is 2.23. The number of ether oxygens (including phenoxy) is 1. The number of carbonyl (C=O) groups excluding carboxylic acids is 1. The van der Waals surface area contributed by atoms with Gasteiger partial charge in [0, 0.05) is 0 Å². The van der Waals surface area contributed by atoms with Crippen molar-refractivity contribution >= 4 is 17.4 Å². The molecule has 16 heavy (non-hydrogen) atoms. The summed E-state index contributed by atoms with van der Waals surface area (Å²) in [6.07, 6.45) is 1.08.